The number of hydrogen-bond donors (Lipinski definition) is 0. The molecule has 0 spiro atoms. The third-order valence-corrected chi connectivity index (χ3v) is 6.95. The van der Waals surface area contributed by atoms with Gasteiger partial charge in [0.1, 0.15) is 11.1 Å². The first kappa shape index (κ1) is 35.3. The first-order valence-electron chi connectivity index (χ1n) is 14.6. The summed E-state index contributed by atoms with van der Waals surface area (Å²) in [6.07, 6.45) is 5.88. The number of hydrogen-bond acceptors (Lipinski definition) is 2. The van der Waals surface area contributed by atoms with Gasteiger partial charge in [-0.1, -0.05) is 83.0 Å². The normalized spacial score (nSPS) is 11.4. The zero-order chi connectivity index (χ0) is 33.1. The summed E-state index contributed by atoms with van der Waals surface area (Å²) in [4.78, 5) is 0. The molecule has 0 saturated carbocycles. The number of ether oxygens (including phenoxy) is 2. The van der Waals surface area contributed by atoms with Gasteiger partial charge in [0.15, 0.2) is 34.8 Å². The van der Waals surface area contributed by atoms with Crippen LogP contribution in [0.5, 0.6) is 11.5 Å². The van der Waals surface area contributed by atoms with Crippen molar-refractivity contribution in [1.82, 2.24) is 0 Å². The molecular formula is C35H32F8O2. The molecule has 0 aromatic heterocycles. The maximum atomic E-state index is 14.6. The van der Waals surface area contributed by atoms with Crippen LogP contribution in [0.3, 0.4) is 0 Å². The van der Waals surface area contributed by atoms with E-state index in [0.29, 0.717) is 12.8 Å². The average Bonchev–Trinajstić information content (AvgIpc) is 3.04. The fourth-order valence-electron chi connectivity index (χ4n) is 4.00. The monoisotopic (exact) mass is 636 g/mol. The quantitative estimate of drug-likeness (QED) is 0.0853. The van der Waals surface area contributed by atoms with Crippen molar-refractivity contribution in [2.45, 2.75) is 65.7 Å². The van der Waals surface area contributed by atoms with Crippen LogP contribution in [0.1, 0.15) is 88.0 Å². The summed E-state index contributed by atoms with van der Waals surface area (Å²) in [7, 11) is 0. The van der Waals surface area contributed by atoms with Crippen LogP contribution in [-0.2, 0) is 0 Å². The third kappa shape index (κ3) is 8.94. The Bertz CT molecular complexity index is 1550. The highest BCUT2D eigenvalue weighted by Gasteiger charge is 2.27. The van der Waals surface area contributed by atoms with Crippen LogP contribution in [0.4, 0.5) is 35.1 Å². The van der Waals surface area contributed by atoms with Crippen molar-refractivity contribution in [3.05, 3.63) is 93.1 Å². The summed E-state index contributed by atoms with van der Waals surface area (Å²) in [6, 6.07) is 5.21. The summed E-state index contributed by atoms with van der Waals surface area (Å²) in [5.74, 6) is -7.22. The van der Waals surface area contributed by atoms with E-state index in [4.69, 9.17) is 9.47 Å². The second-order valence-corrected chi connectivity index (χ2v) is 10.4. The molecule has 0 saturated heterocycles. The summed E-state index contributed by atoms with van der Waals surface area (Å²) in [5, 5.41) is 0. The molecule has 0 aliphatic heterocycles. The molecule has 3 rings (SSSR count). The van der Waals surface area contributed by atoms with E-state index in [1.54, 1.807) is 6.92 Å². The second-order valence-electron chi connectivity index (χ2n) is 10.4. The van der Waals surface area contributed by atoms with Gasteiger partial charge in [0.2, 0.25) is 23.3 Å². The van der Waals surface area contributed by atoms with E-state index in [9.17, 15) is 35.1 Å². The van der Waals surface area contributed by atoms with E-state index in [-0.39, 0.29) is 30.3 Å². The minimum Gasteiger partial charge on any atom is -0.487 e. The van der Waals surface area contributed by atoms with E-state index in [1.165, 1.54) is 24.3 Å². The zero-order valence-corrected chi connectivity index (χ0v) is 25.1. The van der Waals surface area contributed by atoms with Crippen molar-refractivity contribution in [3.63, 3.8) is 0 Å². The molecule has 1 atom stereocenters. The van der Waals surface area contributed by atoms with E-state index in [2.05, 4.69) is 30.6 Å². The van der Waals surface area contributed by atoms with Gasteiger partial charge in [-0.2, -0.15) is 17.6 Å². The third-order valence-electron chi connectivity index (χ3n) is 6.95. The van der Waals surface area contributed by atoms with E-state index >= 15 is 0 Å². The van der Waals surface area contributed by atoms with Crippen LogP contribution >= 0.6 is 0 Å². The van der Waals surface area contributed by atoms with Crippen LogP contribution in [0.2, 0.25) is 0 Å². The molecule has 0 aliphatic carbocycles. The maximum Gasteiger partial charge on any atom is 0.205 e. The Kier molecular flexibility index (Phi) is 13.2. The van der Waals surface area contributed by atoms with Crippen molar-refractivity contribution < 1.29 is 44.6 Å². The summed E-state index contributed by atoms with van der Waals surface area (Å²) >= 11 is 0. The Balaban J connectivity index is 1.75. The number of unbranched alkanes of at least 4 members (excludes halogenated alkanes) is 5. The fraction of sp³-hybridized carbons (Fsp3) is 0.371. The number of benzene rings is 3. The van der Waals surface area contributed by atoms with E-state index in [1.807, 2.05) is 6.92 Å². The molecule has 240 valence electrons. The molecule has 0 N–H and O–H groups in total. The lowest BCUT2D eigenvalue weighted by Gasteiger charge is -2.13. The molecule has 0 radical (unpaired) electrons. The van der Waals surface area contributed by atoms with Gasteiger partial charge in [0, 0.05) is 11.1 Å². The summed E-state index contributed by atoms with van der Waals surface area (Å²) < 4.78 is 126. The molecule has 0 aliphatic rings. The molecule has 0 fully saturated rings. The van der Waals surface area contributed by atoms with Gasteiger partial charge < -0.3 is 9.47 Å². The first-order chi connectivity index (χ1) is 21.5. The molecule has 2 nitrogen and oxygen atoms in total. The summed E-state index contributed by atoms with van der Waals surface area (Å²) in [6.45, 7) is 5.36. The molecule has 0 bridgehead atoms. The Morgan fingerprint density at radius 2 is 0.933 bits per heavy atom. The number of rotatable bonds is 12. The molecule has 3 aromatic rings. The lowest BCUT2D eigenvalue weighted by molar-refractivity contribution is 0.227. The van der Waals surface area contributed by atoms with Gasteiger partial charge in [0.25, 0.3) is 0 Å². The predicted octanol–water partition coefficient (Wildman–Crippen LogP) is 9.76. The average molecular weight is 637 g/mol. The fourth-order valence-corrected chi connectivity index (χ4v) is 4.00. The van der Waals surface area contributed by atoms with Crippen LogP contribution in [0.25, 0.3) is 0 Å². The standard InChI is InChI=1S/C35H32F8O2/c1-4-6-7-8-9-10-19-44-34-30(40)26(36)24(27(37)31(34)41)17-15-22-11-13-23(14-12-22)16-18-25-28(38)32(42)35(33(43)29(25)39)45-20-21(3)5-2/h11-14,21H,4-10,19-20H2,1-3H3/t21-/m0/s1. The molecular weight excluding hydrogens is 604 g/mol. The minimum absolute atomic E-state index is 0.109. The van der Waals surface area contributed by atoms with Gasteiger partial charge in [0.05, 0.1) is 13.2 Å². The Labute approximate surface area is 257 Å². The predicted molar refractivity (Wildman–Crippen MR) is 155 cm³/mol. The van der Waals surface area contributed by atoms with Crippen molar-refractivity contribution >= 4 is 0 Å². The molecule has 45 heavy (non-hydrogen) atoms. The van der Waals surface area contributed by atoms with Gasteiger partial charge in [-0.05, 0) is 36.6 Å². The lowest BCUT2D eigenvalue weighted by atomic mass is 10.1. The number of halogens is 8. The molecule has 3 aromatic carbocycles. The van der Waals surface area contributed by atoms with Crippen molar-refractivity contribution in [3.8, 4) is 35.2 Å². The van der Waals surface area contributed by atoms with Gasteiger partial charge >= 0.3 is 0 Å². The van der Waals surface area contributed by atoms with Crippen LogP contribution in [0, 0.1) is 76.1 Å². The molecule has 0 heterocycles. The van der Waals surface area contributed by atoms with Crippen LogP contribution in [0.15, 0.2) is 24.3 Å². The van der Waals surface area contributed by atoms with Crippen molar-refractivity contribution in [2.24, 2.45) is 5.92 Å². The largest absolute Gasteiger partial charge is 0.487 e. The molecule has 0 unspecified atom stereocenters. The van der Waals surface area contributed by atoms with Gasteiger partial charge in [-0.15, -0.1) is 0 Å². The molecule has 0 amide bonds. The van der Waals surface area contributed by atoms with Gasteiger partial charge in [-0.25, -0.2) is 17.6 Å². The second kappa shape index (κ2) is 16.8. The van der Waals surface area contributed by atoms with E-state index < -0.39 is 69.2 Å². The topological polar surface area (TPSA) is 18.5 Å². The van der Waals surface area contributed by atoms with Crippen molar-refractivity contribution in [1.29, 1.82) is 0 Å². The SMILES string of the molecule is CCCCCCCCOc1c(F)c(F)c(C#Cc2ccc(C#Cc3c(F)c(F)c(OC[C@@H](C)CC)c(F)c3F)cc2)c(F)c1F. The highest BCUT2D eigenvalue weighted by Crippen LogP contribution is 2.31. The zero-order valence-electron chi connectivity index (χ0n) is 25.1. The first-order valence-corrected chi connectivity index (χ1v) is 14.6. The highest BCUT2D eigenvalue weighted by molar-refractivity contribution is 5.51. The van der Waals surface area contributed by atoms with Crippen molar-refractivity contribution in [2.75, 3.05) is 13.2 Å². The summed E-state index contributed by atoms with van der Waals surface area (Å²) in [5.41, 5.74) is -1.99. The minimum atomic E-state index is -1.72. The van der Waals surface area contributed by atoms with E-state index in [0.717, 1.165) is 32.1 Å². The maximum absolute atomic E-state index is 14.6. The van der Waals surface area contributed by atoms with Crippen LogP contribution in [-0.4, -0.2) is 13.2 Å². The smallest absolute Gasteiger partial charge is 0.205 e. The Morgan fingerprint density at radius 1 is 0.533 bits per heavy atom. The Morgan fingerprint density at radius 3 is 1.36 bits per heavy atom. The molecule has 10 heteroatoms. The Hall–Kier alpha value is -4.18. The highest BCUT2D eigenvalue weighted by atomic mass is 19.2. The lowest BCUT2D eigenvalue weighted by Crippen LogP contribution is -2.12. The van der Waals surface area contributed by atoms with Gasteiger partial charge in [-0.3, -0.25) is 0 Å². The van der Waals surface area contributed by atoms with Crippen LogP contribution < -0.4 is 9.47 Å².